The van der Waals surface area contributed by atoms with Crippen molar-refractivity contribution in [2.75, 3.05) is 32.5 Å². The zero-order valence-corrected chi connectivity index (χ0v) is 9.51. The summed E-state index contributed by atoms with van der Waals surface area (Å²) in [5.74, 6) is 0. The van der Waals surface area contributed by atoms with Crippen LogP contribution < -0.4 is 5.32 Å². The van der Waals surface area contributed by atoms with E-state index in [-0.39, 0.29) is 0 Å². The second-order valence-corrected chi connectivity index (χ2v) is 4.67. The summed E-state index contributed by atoms with van der Waals surface area (Å²) in [5, 5.41) is 21.2. The van der Waals surface area contributed by atoms with E-state index in [2.05, 4.69) is 15.5 Å². The highest BCUT2D eigenvalue weighted by Gasteiger charge is 2.21. The molecule has 6 heteroatoms. The fraction of sp³-hybridized carbons (Fsp3) is 0.750. The van der Waals surface area contributed by atoms with Crippen LogP contribution in [0.25, 0.3) is 0 Å². The lowest BCUT2D eigenvalue weighted by atomic mass is 10.1. The number of aromatic nitrogens is 2. The van der Waals surface area contributed by atoms with Crippen molar-refractivity contribution in [2.24, 2.45) is 0 Å². The highest BCUT2D eigenvalue weighted by molar-refractivity contribution is 7.13. The Morgan fingerprint density at radius 2 is 2.36 bits per heavy atom. The van der Waals surface area contributed by atoms with Crippen molar-refractivity contribution in [3.8, 4) is 0 Å². The van der Waals surface area contributed by atoms with Crippen LogP contribution in [0.1, 0.15) is 6.92 Å². The largest absolute Gasteiger partial charge is 0.387 e. The fourth-order valence-electron chi connectivity index (χ4n) is 1.25. The van der Waals surface area contributed by atoms with Crippen LogP contribution in [-0.2, 0) is 0 Å². The van der Waals surface area contributed by atoms with Gasteiger partial charge in [-0.2, -0.15) is 0 Å². The highest BCUT2D eigenvalue weighted by Crippen LogP contribution is 2.11. The van der Waals surface area contributed by atoms with Crippen molar-refractivity contribution >= 4 is 16.5 Å². The first-order chi connectivity index (χ1) is 6.49. The molecule has 5 nitrogen and oxygen atoms in total. The lowest BCUT2D eigenvalue weighted by Gasteiger charge is -2.26. The molecule has 14 heavy (non-hydrogen) atoms. The molecule has 0 saturated heterocycles. The minimum Gasteiger partial charge on any atom is -0.387 e. The molecule has 1 atom stereocenters. The molecule has 1 aromatic rings. The van der Waals surface area contributed by atoms with Gasteiger partial charge in [-0.1, -0.05) is 11.3 Å². The van der Waals surface area contributed by atoms with Crippen LogP contribution in [0, 0.1) is 0 Å². The van der Waals surface area contributed by atoms with Gasteiger partial charge in [0.15, 0.2) is 0 Å². The highest BCUT2D eigenvalue weighted by atomic mass is 32.1. The van der Waals surface area contributed by atoms with Crippen molar-refractivity contribution in [2.45, 2.75) is 12.5 Å². The predicted molar refractivity (Wildman–Crippen MR) is 57.6 cm³/mol. The first kappa shape index (κ1) is 11.4. The van der Waals surface area contributed by atoms with Gasteiger partial charge in [-0.25, -0.2) is 0 Å². The number of nitrogens with one attached hydrogen (secondary N) is 1. The van der Waals surface area contributed by atoms with Gasteiger partial charge in [-0.15, -0.1) is 10.2 Å². The lowest BCUT2D eigenvalue weighted by molar-refractivity contribution is 0.0459. The Morgan fingerprint density at radius 3 is 2.86 bits per heavy atom. The third-order valence-corrected chi connectivity index (χ3v) is 2.29. The smallest absolute Gasteiger partial charge is 0.205 e. The summed E-state index contributed by atoms with van der Waals surface area (Å²) >= 11 is 1.42. The Balaban J connectivity index is 2.36. The molecule has 1 unspecified atom stereocenters. The second-order valence-electron chi connectivity index (χ2n) is 3.83. The molecule has 0 radical (unpaired) electrons. The summed E-state index contributed by atoms with van der Waals surface area (Å²) in [6, 6.07) is 0. The maximum atomic E-state index is 9.94. The summed E-state index contributed by atoms with van der Waals surface area (Å²) in [5.41, 5.74) is 0.901. The van der Waals surface area contributed by atoms with E-state index in [0.29, 0.717) is 13.1 Å². The van der Waals surface area contributed by atoms with Gasteiger partial charge >= 0.3 is 0 Å². The van der Waals surface area contributed by atoms with Crippen molar-refractivity contribution in [1.29, 1.82) is 0 Å². The van der Waals surface area contributed by atoms with E-state index in [1.54, 1.807) is 12.4 Å². The van der Waals surface area contributed by atoms with Crippen LogP contribution in [0.4, 0.5) is 5.13 Å². The van der Waals surface area contributed by atoms with Gasteiger partial charge in [0.25, 0.3) is 0 Å². The fourth-order valence-corrected chi connectivity index (χ4v) is 1.70. The van der Waals surface area contributed by atoms with Crippen LogP contribution in [-0.4, -0.2) is 53.0 Å². The molecule has 0 fully saturated rings. The maximum absolute atomic E-state index is 9.94. The average molecular weight is 216 g/mol. The molecule has 0 bridgehead atoms. The van der Waals surface area contributed by atoms with E-state index in [9.17, 15) is 5.11 Å². The second kappa shape index (κ2) is 4.68. The van der Waals surface area contributed by atoms with E-state index < -0.39 is 5.60 Å². The van der Waals surface area contributed by atoms with Crippen LogP contribution in [0.3, 0.4) is 0 Å². The standard InChI is InChI=1S/C8H16N4OS/c1-8(13,5-12(2)3)4-9-7-11-10-6-14-7/h6,13H,4-5H2,1-3H3,(H,9,11). The molecule has 1 rings (SSSR count). The van der Waals surface area contributed by atoms with Crippen molar-refractivity contribution in [3.05, 3.63) is 5.51 Å². The molecule has 0 aliphatic heterocycles. The van der Waals surface area contributed by atoms with Crippen LogP contribution in [0.5, 0.6) is 0 Å². The average Bonchev–Trinajstić information content (AvgIpc) is 2.50. The van der Waals surface area contributed by atoms with Crippen LogP contribution in [0.2, 0.25) is 0 Å². The Hall–Kier alpha value is -0.720. The summed E-state index contributed by atoms with van der Waals surface area (Å²) in [6.45, 7) is 2.88. The quantitative estimate of drug-likeness (QED) is 0.739. The molecule has 0 aliphatic carbocycles. The molecule has 0 amide bonds. The zero-order valence-electron chi connectivity index (χ0n) is 8.69. The Morgan fingerprint density at radius 1 is 1.64 bits per heavy atom. The first-order valence-corrected chi connectivity index (χ1v) is 5.25. The molecule has 80 valence electrons. The molecular formula is C8H16N4OS. The number of anilines is 1. The molecule has 0 spiro atoms. The number of likely N-dealkylation sites (N-methyl/N-ethyl adjacent to an activating group) is 1. The number of hydrogen-bond acceptors (Lipinski definition) is 6. The van der Waals surface area contributed by atoms with Gasteiger partial charge < -0.3 is 15.3 Å². The van der Waals surface area contributed by atoms with Crippen molar-refractivity contribution < 1.29 is 5.11 Å². The molecule has 0 aromatic carbocycles. The van der Waals surface area contributed by atoms with E-state index in [1.807, 2.05) is 19.0 Å². The van der Waals surface area contributed by atoms with Gasteiger partial charge in [0.1, 0.15) is 5.51 Å². The minimum atomic E-state index is -0.755. The topological polar surface area (TPSA) is 61.3 Å². The van der Waals surface area contributed by atoms with Gasteiger partial charge in [0, 0.05) is 13.1 Å². The van der Waals surface area contributed by atoms with Gasteiger partial charge in [0.2, 0.25) is 5.13 Å². The zero-order chi connectivity index (χ0) is 10.6. The summed E-state index contributed by atoms with van der Waals surface area (Å²) in [4.78, 5) is 1.95. The molecular weight excluding hydrogens is 200 g/mol. The molecule has 0 aliphatic rings. The first-order valence-electron chi connectivity index (χ1n) is 4.37. The Bertz CT molecular complexity index is 260. The van der Waals surface area contributed by atoms with E-state index in [0.717, 1.165) is 5.13 Å². The molecule has 0 saturated carbocycles. The van der Waals surface area contributed by atoms with Crippen molar-refractivity contribution in [3.63, 3.8) is 0 Å². The predicted octanol–water partition coefficient (Wildman–Crippen LogP) is 0.263. The van der Waals surface area contributed by atoms with Crippen LogP contribution >= 0.6 is 11.3 Å². The third kappa shape index (κ3) is 3.99. The Labute approximate surface area is 87.8 Å². The number of nitrogens with zero attached hydrogens (tertiary/aromatic N) is 3. The van der Waals surface area contributed by atoms with E-state index in [4.69, 9.17) is 0 Å². The molecule has 1 heterocycles. The number of rotatable bonds is 5. The normalized spacial score (nSPS) is 15.5. The van der Waals surface area contributed by atoms with E-state index >= 15 is 0 Å². The number of aliphatic hydroxyl groups is 1. The molecule has 1 aromatic heterocycles. The number of hydrogen-bond donors (Lipinski definition) is 2. The summed E-state index contributed by atoms with van der Waals surface area (Å²) in [7, 11) is 3.86. The van der Waals surface area contributed by atoms with Gasteiger partial charge in [0.05, 0.1) is 5.60 Å². The third-order valence-electron chi connectivity index (χ3n) is 1.64. The summed E-state index contributed by atoms with van der Waals surface area (Å²) < 4.78 is 0. The van der Waals surface area contributed by atoms with Crippen LogP contribution in [0.15, 0.2) is 5.51 Å². The molecule has 2 N–H and O–H groups in total. The maximum Gasteiger partial charge on any atom is 0.205 e. The van der Waals surface area contributed by atoms with Gasteiger partial charge in [-0.3, -0.25) is 0 Å². The van der Waals surface area contributed by atoms with Crippen molar-refractivity contribution in [1.82, 2.24) is 15.1 Å². The van der Waals surface area contributed by atoms with E-state index in [1.165, 1.54) is 11.3 Å². The monoisotopic (exact) mass is 216 g/mol. The lowest BCUT2D eigenvalue weighted by Crippen LogP contribution is -2.43. The minimum absolute atomic E-state index is 0.473. The van der Waals surface area contributed by atoms with Gasteiger partial charge in [-0.05, 0) is 21.0 Å². The Kier molecular flexibility index (Phi) is 3.79. The SMILES string of the molecule is CN(C)CC(C)(O)CNc1nncs1. The summed E-state index contributed by atoms with van der Waals surface area (Å²) in [6.07, 6.45) is 0.